The number of urea groups is 1. The Labute approximate surface area is 207 Å². The number of carbonyl (C=O) groups is 1. The van der Waals surface area contributed by atoms with Crippen molar-refractivity contribution in [3.05, 3.63) is 29.8 Å². The number of amides is 2. The minimum atomic E-state index is 0.169. The fourth-order valence-electron chi connectivity index (χ4n) is 5.44. The molecule has 0 aliphatic carbocycles. The number of hydrogen-bond donors (Lipinski definition) is 0. The van der Waals surface area contributed by atoms with E-state index in [1.807, 2.05) is 21.6 Å². The second kappa shape index (κ2) is 11.3. The number of benzene rings is 1. The first-order valence-corrected chi connectivity index (χ1v) is 13.9. The van der Waals surface area contributed by atoms with E-state index in [-0.39, 0.29) is 6.03 Å². The van der Waals surface area contributed by atoms with Crippen LogP contribution < -0.4 is 4.74 Å². The molecule has 0 spiro atoms. The Morgan fingerprint density at radius 1 is 1.06 bits per heavy atom. The van der Waals surface area contributed by atoms with Crippen LogP contribution in [0.15, 0.2) is 29.3 Å². The van der Waals surface area contributed by atoms with Crippen LogP contribution in [0.2, 0.25) is 0 Å². The van der Waals surface area contributed by atoms with Crippen molar-refractivity contribution in [2.45, 2.75) is 56.4 Å². The summed E-state index contributed by atoms with van der Waals surface area (Å²) in [6, 6.07) is 9.63. The average Bonchev–Trinajstić information content (AvgIpc) is 3.42. The number of fused-ring (bicyclic) bond motifs is 1. The van der Waals surface area contributed by atoms with Crippen LogP contribution in [0, 0.1) is 0 Å². The van der Waals surface area contributed by atoms with Crippen LogP contribution in [0.5, 0.6) is 5.75 Å². The first-order chi connectivity index (χ1) is 16.7. The lowest BCUT2D eigenvalue weighted by Gasteiger charge is -2.32. The van der Waals surface area contributed by atoms with E-state index < -0.39 is 0 Å². The SMILES string of the molecule is CC1CCCN1CCCOc1ccc(C2=NC3CCN(C(=O)N4CCOCC4)CCC3S2)cc1. The minimum absolute atomic E-state index is 0.169. The molecule has 1 aromatic carbocycles. The summed E-state index contributed by atoms with van der Waals surface area (Å²) in [5, 5.41) is 1.60. The Kier molecular flexibility index (Phi) is 7.97. The Morgan fingerprint density at radius 2 is 1.82 bits per heavy atom. The van der Waals surface area contributed by atoms with Crippen molar-refractivity contribution in [1.82, 2.24) is 14.7 Å². The average molecular weight is 487 g/mol. The van der Waals surface area contributed by atoms with Gasteiger partial charge in [-0.1, -0.05) is 0 Å². The predicted molar refractivity (Wildman–Crippen MR) is 137 cm³/mol. The van der Waals surface area contributed by atoms with Crippen LogP contribution in [0.4, 0.5) is 4.79 Å². The lowest BCUT2D eigenvalue weighted by atomic mass is 10.1. The van der Waals surface area contributed by atoms with Gasteiger partial charge in [0.05, 0.1) is 30.9 Å². The number of carbonyl (C=O) groups excluding carboxylic acids is 1. The van der Waals surface area contributed by atoms with Gasteiger partial charge in [-0.05, 0) is 69.8 Å². The maximum Gasteiger partial charge on any atom is 0.320 e. The number of hydrogen-bond acceptors (Lipinski definition) is 6. The van der Waals surface area contributed by atoms with Gasteiger partial charge in [-0.3, -0.25) is 4.99 Å². The van der Waals surface area contributed by atoms with Crippen LogP contribution in [-0.2, 0) is 4.74 Å². The van der Waals surface area contributed by atoms with Crippen LogP contribution >= 0.6 is 11.8 Å². The standard InChI is InChI=1S/C26H38N4O3S/c1-20-4-2-11-28(20)12-3-17-33-22-7-5-21(6-8-22)25-27-23-9-13-29(14-10-24(23)34-25)26(31)30-15-18-32-19-16-30/h5-8,20,23-24H,2-4,9-19H2,1H3. The van der Waals surface area contributed by atoms with E-state index in [4.69, 9.17) is 14.5 Å². The van der Waals surface area contributed by atoms with Crippen molar-refractivity contribution >= 4 is 22.8 Å². The van der Waals surface area contributed by atoms with E-state index >= 15 is 0 Å². The van der Waals surface area contributed by atoms with Gasteiger partial charge < -0.3 is 24.2 Å². The second-order valence-electron chi connectivity index (χ2n) is 9.86. The van der Waals surface area contributed by atoms with Crippen molar-refractivity contribution in [3.8, 4) is 5.75 Å². The van der Waals surface area contributed by atoms with Gasteiger partial charge >= 0.3 is 6.03 Å². The molecule has 5 rings (SSSR count). The third-order valence-corrected chi connectivity index (χ3v) is 8.97. The molecule has 7 nitrogen and oxygen atoms in total. The van der Waals surface area contributed by atoms with Gasteiger partial charge in [0.1, 0.15) is 5.75 Å². The molecule has 4 aliphatic rings. The Hall–Kier alpha value is -1.77. The van der Waals surface area contributed by atoms with E-state index in [0.717, 1.165) is 62.3 Å². The lowest BCUT2D eigenvalue weighted by Crippen LogP contribution is -2.48. The van der Waals surface area contributed by atoms with E-state index in [0.29, 0.717) is 37.6 Å². The van der Waals surface area contributed by atoms with E-state index in [9.17, 15) is 4.79 Å². The number of ether oxygens (including phenoxy) is 2. The van der Waals surface area contributed by atoms with Crippen LogP contribution in [0.3, 0.4) is 0 Å². The predicted octanol–water partition coefficient (Wildman–Crippen LogP) is 3.72. The van der Waals surface area contributed by atoms with Crippen molar-refractivity contribution in [1.29, 1.82) is 0 Å². The van der Waals surface area contributed by atoms with Crippen molar-refractivity contribution in [2.24, 2.45) is 4.99 Å². The normalized spacial score (nSPS) is 27.9. The molecule has 0 saturated carbocycles. The van der Waals surface area contributed by atoms with Crippen molar-refractivity contribution < 1.29 is 14.3 Å². The van der Waals surface area contributed by atoms with E-state index in [2.05, 4.69) is 36.1 Å². The summed E-state index contributed by atoms with van der Waals surface area (Å²) in [5.74, 6) is 0.938. The van der Waals surface area contributed by atoms with Crippen LogP contribution in [-0.4, -0.2) is 102 Å². The molecule has 4 heterocycles. The van der Waals surface area contributed by atoms with E-state index in [1.165, 1.54) is 24.9 Å². The number of thioether (sulfide) groups is 1. The highest BCUT2D eigenvalue weighted by atomic mass is 32.2. The van der Waals surface area contributed by atoms with Crippen LogP contribution in [0.1, 0.15) is 44.6 Å². The molecule has 0 aromatic heterocycles. The molecule has 3 unspecified atom stereocenters. The number of rotatable bonds is 6. The maximum absolute atomic E-state index is 12.9. The third-order valence-electron chi connectivity index (χ3n) is 7.56. The van der Waals surface area contributed by atoms with E-state index in [1.54, 1.807) is 0 Å². The van der Waals surface area contributed by atoms with Gasteiger partial charge in [-0.2, -0.15) is 0 Å². The molecule has 186 valence electrons. The third kappa shape index (κ3) is 5.71. The smallest absolute Gasteiger partial charge is 0.320 e. The van der Waals surface area contributed by atoms with Gasteiger partial charge in [-0.15, -0.1) is 11.8 Å². The summed E-state index contributed by atoms with van der Waals surface area (Å²) < 4.78 is 11.4. The quantitative estimate of drug-likeness (QED) is 0.574. The molecule has 0 bridgehead atoms. The lowest BCUT2D eigenvalue weighted by molar-refractivity contribution is 0.0435. The molecule has 0 radical (unpaired) electrons. The monoisotopic (exact) mass is 486 g/mol. The molecule has 4 aliphatic heterocycles. The zero-order valence-electron chi connectivity index (χ0n) is 20.4. The number of nitrogens with zero attached hydrogens (tertiary/aromatic N) is 4. The fourth-order valence-corrected chi connectivity index (χ4v) is 6.77. The van der Waals surface area contributed by atoms with Crippen LogP contribution in [0.25, 0.3) is 0 Å². The van der Waals surface area contributed by atoms with Gasteiger partial charge in [0.2, 0.25) is 0 Å². The highest BCUT2D eigenvalue weighted by Gasteiger charge is 2.35. The zero-order valence-corrected chi connectivity index (χ0v) is 21.2. The number of aliphatic imine (C=N–C) groups is 1. The molecular formula is C26H38N4O3S. The highest BCUT2D eigenvalue weighted by Crippen LogP contribution is 2.36. The Bertz CT molecular complexity index is 858. The topological polar surface area (TPSA) is 57.6 Å². The molecular weight excluding hydrogens is 448 g/mol. The largest absolute Gasteiger partial charge is 0.494 e. The maximum atomic E-state index is 12.9. The zero-order chi connectivity index (χ0) is 23.3. The Morgan fingerprint density at radius 3 is 2.59 bits per heavy atom. The summed E-state index contributed by atoms with van der Waals surface area (Å²) >= 11 is 1.88. The fraction of sp³-hybridized carbons (Fsp3) is 0.692. The molecule has 8 heteroatoms. The van der Waals surface area contributed by atoms with Gasteiger partial charge in [-0.25, -0.2) is 4.79 Å². The summed E-state index contributed by atoms with van der Waals surface area (Å²) in [7, 11) is 0. The minimum Gasteiger partial charge on any atom is -0.494 e. The van der Waals surface area contributed by atoms with Gasteiger partial charge in [0.15, 0.2) is 0 Å². The molecule has 3 fully saturated rings. The van der Waals surface area contributed by atoms with Crippen molar-refractivity contribution in [3.63, 3.8) is 0 Å². The Balaban J connectivity index is 1.09. The molecule has 2 amide bonds. The first kappa shape index (κ1) is 23.9. The molecule has 1 aromatic rings. The second-order valence-corrected chi connectivity index (χ2v) is 11.1. The summed E-state index contributed by atoms with van der Waals surface area (Å²) in [4.78, 5) is 24.5. The molecule has 3 saturated heterocycles. The molecule has 34 heavy (non-hydrogen) atoms. The highest BCUT2D eigenvalue weighted by molar-refractivity contribution is 8.15. The summed E-state index contributed by atoms with van der Waals surface area (Å²) in [5.41, 5.74) is 1.18. The first-order valence-electron chi connectivity index (χ1n) is 13.0. The summed E-state index contributed by atoms with van der Waals surface area (Å²) in [6.07, 6.45) is 5.67. The van der Waals surface area contributed by atoms with Gasteiger partial charge in [0.25, 0.3) is 0 Å². The number of morpholine rings is 1. The number of likely N-dealkylation sites (tertiary alicyclic amines) is 2. The van der Waals surface area contributed by atoms with Gasteiger partial charge in [0, 0.05) is 49.6 Å². The molecule has 0 N–H and O–H groups in total. The van der Waals surface area contributed by atoms with Crippen molar-refractivity contribution in [2.75, 3.05) is 59.1 Å². The summed E-state index contributed by atoms with van der Waals surface area (Å²) in [6.45, 7) is 9.77. The molecule has 3 atom stereocenters.